The van der Waals surface area contributed by atoms with E-state index in [0.717, 1.165) is 0 Å². The average Bonchev–Trinajstić information content (AvgIpc) is 3.54. The van der Waals surface area contributed by atoms with E-state index in [0.29, 0.717) is 0 Å². The van der Waals surface area contributed by atoms with Gasteiger partial charge in [-0.15, -0.1) is 0 Å². The summed E-state index contributed by atoms with van der Waals surface area (Å²) in [5.74, 6) is 0. The first kappa shape index (κ1) is 29.7. The van der Waals surface area contributed by atoms with Gasteiger partial charge in [0.15, 0.2) is 0 Å². The molecule has 2 aliphatic rings. The summed E-state index contributed by atoms with van der Waals surface area (Å²) in [4.78, 5) is 0. The number of hydrogen-bond donors (Lipinski definition) is 0. The average molecular weight is 663 g/mol. The van der Waals surface area contributed by atoms with Gasteiger partial charge in [-0.2, -0.15) is 0 Å². The van der Waals surface area contributed by atoms with Crippen molar-refractivity contribution in [3.05, 3.63) is 180 Å². The van der Waals surface area contributed by atoms with Crippen LogP contribution in [0.4, 0.5) is 0 Å². The van der Waals surface area contributed by atoms with Crippen LogP contribution in [0, 0.1) is 0 Å². The van der Waals surface area contributed by atoms with Crippen LogP contribution in [0.3, 0.4) is 0 Å². The molecule has 0 amide bonds. The lowest BCUT2D eigenvalue weighted by Crippen LogP contribution is -2.17. The van der Waals surface area contributed by atoms with Crippen molar-refractivity contribution in [3.8, 4) is 44.5 Å². The second-order valence-corrected chi connectivity index (χ2v) is 16.0. The van der Waals surface area contributed by atoms with Crippen LogP contribution >= 0.6 is 0 Å². The lowest BCUT2D eigenvalue weighted by Gasteiger charge is -2.30. The van der Waals surface area contributed by atoms with E-state index in [2.05, 4.69) is 185 Å². The summed E-state index contributed by atoms with van der Waals surface area (Å²) in [6, 6.07) is 59.5. The van der Waals surface area contributed by atoms with E-state index in [1.165, 1.54) is 110 Å². The first-order valence-corrected chi connectivity index (χ1v) is 18.6. The zero-order valence-electron chi connectivity index (χ0n) is 30.0. The van der Waals surface area contributed by atoms with Crippen molar-refractivity contribution in [2.24, 2.45) is 0 Å². The molecule has 0 aliphatic heterocycles. The predicted molar refractivity (Wildman–Crippen MR) is 222 cm³/mol. The zero-order valence-corrected chi connectivity index (χ0v) is 30.0. The summed E-state index contributed by atoms with van der Waals surface area (Å²) in [5, 5.41) is 10.6. The number of fused-ring (bicyclic) bond motifs is 12. The lowest BCUT2D eigenvalue weighted by atomic mass is 9.73. The molecular weight excluding hydrogens is 625 g/mol. The van der Waals surface area contributed by atoms with E-state index >= 15 is 0 Å². The first-order chi connectivity index (χ1) is 25.3. The van der Waals surface area contributed by atoms with Crippen molar-refractivity contribution < 1.29 is 0 Å². The number of rotatable bonds is 2. The largest absolute Gasteiger partial charge is 0.0622 e. The van der Waals surface area contributed by atoms with Crippen LogP contribution in [-0.2, 0) is 10.8 Å². The first-order valence-electron chi connectivity index (χ1n) is 18.6. The third kappa shape index (κ3) is 3.82. The van der Waals surface area contributed by atoms with Crippen molar-refractivity contribution in [3.63, 3.8) is 0 Å². The van der Waals surface area contributed by atoms with E-state index in [1.54, 1.807) is 0 Å². The van der Waals surface area contributed by atoms with E-state index in [4.69, 9.17) is 0 Å². The van der Waals surface area contributed by atoms with Gasteiger partial charge in [-0.25, -0.2) is 0 Å². The molecule has 0 aromatic heterocycles. The van der Waals surface area contributed by atoms with Gasteiger partial charge in [0.1, 0.15) is 0 Å². The van der Waals surface area contributed by atoms with Crippen LogP contribution in [0.25, 0.3) is 87.6 Å². The van der Waals surface area contributed by atoms with Gasteiger partial charge in [-0.05, 0) is 134 Å². The quantitative estimate of drug-likeness (QED) is 0.162. The highest BCUT2D eigenvalue weighted by Crippen LogP contribution is 2.60. The molecule has 0 spiro atoms. The summed E-state index contributed by atoms with van der Waals surface area (Å²) in [7, 11) is 0. The molecule has 246 valence electrons. The molecular formula is C52H38. The molecule has 0 heterocycles. The lowest BCUT2D eigenvalue weighted by molar-refractivity contribution is 0.666. The minimum Gasteiger partial charge on any atom is -0.0622 e. The smallest absolute Gasteiger partial charge is 0.0165 e. The van der Waals surface area contributed by atoms with Gasteiger partial charge in [0.25, 0.3) is 0 Å². The zero-order chi connectivity index (χ0) is 34.9. The molecule has 0 nitrogen and oxygen atoms in total. The molecule has 0 N–H and O–H groups in total. The minimum atomic E-state index is -0.215. The van der Waals surface area contributed by atoms with Crippen molar-refractivity contribution in [1.29, 1.82) is 0 Å². The molecule has 0 heteroatoms. The topological polar surface area (TPSA) is 0 Å². The Labute approximate surface area is 305 Å². The number of hydrogen-bond acceptors (Lipinski definition) is 0. The van der Waals surface area contributed by atoms with Gasteiger partial charge < -0.3 is 0 Å². The second-order valence-electron chi connectivity index (χ2n) is 16.0. The van der Waals surface area contributed by atoms with Crippen molar-refractivity contribution in [2.75, 3.05) is 0 Å². The maximum absolute atomic E-state index is 2.46. The molecule has 52 heavy (non-hydrogen) atoms. The molecule has 9 aromatic rings. The van der Waals surface area contributed by atoms with Crippen LogP contribution in [-0.4, -0.2) is 0 Å². The van der Waals surface area contributed by atoms with Crippen LogP contribution in [0.15, 0.2) is 158 Å². The van der Waals surface area contributed by atoms with Gasteiger partial charge >= 0.3 is 0 Å². The van der Waals surface area contributed by atoms with Gasteiger partial charge in [-0.3, -0.25) is 0 Å². The van der Waals surface area contributed by atoms with E-state index < -0.39 is 0 Å². The summed E-state index contributed by atoms with van der Waals surface area (Å²) in [5.41, 5.74) is 15.9. The Morgan fingerprint density at radius 1 is 0.327 bits per heavy atom. The third-order valence-corrected chi connectivity index (χ3v) is 12.5. The summed E-state index contributed by atoms with van der Waals surface area (Å²) in [6.07, 6.45) is 0. The Morgan fingerprint density at radius 3 is 1.12 bits per heavy atom. The minimum absolute atomic E-state index is 0.215. The van der Waals surface area contributed by atoms with Gasteiger partial charge in [0, 0.05) is 10.8 Å². The molecule has 9 aromatic carbocycles. The van der Waals surface area contributed by atoms with Gasteiger partial charge in [0.2, 0.25) is 0 Å². The monoisotopic (exact) mass is 662 g/mol. The Balaban J connectivity index is 1.38. The fourth-order valence-corrected chi connectivity index (χ4v) is 10.2. The van der Waals surface area contributed by atoms with Crippen LogP contribution in [0.1, 0.15) is 49.9 Å². The highest BCUT2D eigenvalue weighted by Gasteiger charge is 2.42. The predicted octanol–water partition coefficient (Wildman–Crippen LogP) is 14.2. The molecule has 2 aliphatic carbocycles. The molecule has 0 radical (unpaired) electrons. The van der Waals surface area contributed by atoms with Crippen LogP contribution in [0.5, 0.6) is 0 Å². The highest BCUT2D eigenvalue weighted by molar-refractivity contribution is 6.26. The molecule has 0 fully saturated rings. The summed E-state index contributed by atoms with van der Waals surface area (Å²) in [6.45, 7) is 9.81. The Kier molecular flexibility index (Phi) is 5.89. The Hall–Kier alpha value is -5.98. The molecule has 0 atom stereocenters. The van der Waals surface area contributed by atoms with Crippen molar-refractivity contribution in [1.82, 2.24) is 0 Å². The fourth-order valence-electron chi connectivity index (χ4n) is 10.2. The SMILES string of the molecule is CC1(C)c2cc3ccccc3cc2-c2ccc3c(-c4ccccc4)c4ccc5c(c4c(-c4ccccc4)c3c21)C(C)(C)c1cc2ccccc2cc1-5. The second kappa shape index (κ2) is 10.3. The van der Waals surface area contributed by atoms with Crippen molar-refractivity contribution in [2.45, 2.75) is 38.5 Å². The standard InChI is InChI=1S/C52H38/c1-51(2)43-29-35-21-13-11-19-33(35)27-41(43)37-23-25-39-45(31-15-7-5-8-16-31)40-26-24-38-42-28-34-20-12-14-22-36(34)30-44(42)52(3,4)50(38)48(40)46(47(39)49(37)51)32-17-9-6-10-18-32/h5-30H,1-4H3. The van der Waals surface area contributed by atoms with Gasteiger partial charge in [0.05, 0.1) is 0 Å². The van der Waals surface area contributed by atoms with E-state index in [1.807, 2.05) is 0 Å². The molecule has 11 rings (SSSR count). The molecule has 0 bridgehead atoms. The fraction of sp³-hybridized carbons (Fsp3) is 0.115. The molecule has 0 unspecified atom stereocenters. The van der Waals surface area contributed by atoms with E-state index in [-0.39, 0.29) is 10.8 Å². The normalized spacial score (nSPS) is 14.8. The Bertz CT molecular complexity index is 2810. The highest BCUT2D eigenvalue weighted by atomic mass is 14.4. The van der Waals surface area contributed by atoms with Crippen LogP contribution < -0.4 is 0 Å². The molecule has 0 saturated heterocycles. The third-order valence-electron chi connectivity index (χ3n) is 12.5. The maximum atomic E-state index is 2.46. The maximum Gasteiger partial charge on any atom is 0.0165 e. The van der Waals surface area contributed by atoms with Crippen molar-refractivity contribution >= 4 is 43.1 Å². The summed E-state index contributed by atoms with van der Waals surface area (Å²) >= 11 is 0. The summed E-state index contributed by atoms with van der Waals surface area (Å²) < 4.78 is 0. The van der Waals surface area contributed by atoms with E-state index in [9.17, 15) is 0 Å². The van der Waals surface area contributed by atoms with Gasteiger partial charge in [-0.1, -0.05) is 161 Å². The Morgan fingerprint density at radius 2 is 0.692 bits per heavy atom. The number of benzene rings is 9. The molecule has 0 saturated carbocycles. The van der Waals surface area contributed by atoms with Crippen LogP contribution in [0.2, 0.25) is 0 Å².